The number of rotatable bonds is 7. The van der Waals surface area contributed by atoms with Crippen molar-refractivity contribution in [2.45, 2.75) is 46.2 Å². The predicted molar refractivity (Wildman–Crippen MR) is 91.4 cm³/mol. The Balaban J connectivity index is 1.75. The number of ether oxygens (including phenoxy) is 1. The third-order valence-corrected chi connectivity index (χ3v) is 5.02. The second-order valence-electron chi connectivity index (χ2n) is 5.62. The summed E-state index contributed by atoms with van der Waals surface area (Å²) in [6.45, 7) is 7.61. The van der Waals surface area contributed by atoms with Gasteiger partial charge in [0.15, 0.2) is 0 Å². The molecule has 0 fully saturated rings. The molecule has 0 aliphatic heterocycles. The molecule has 1 N–H and O–H groups in total. The summed E-state index contributed by atoms with van der Waals surface area (Å²) in [4.78, 5) is 2.86. The van der Waals surface area contributed by atoms with Crippen molar-refractivity contribution in [2.24, 2.45) is 0 Å². The van der Waals surface area contributed by atoms with Crippen molar-refractivity contribution in [3.05, 3.63) is 51.2 Å². The van der Waals surface area contributed by atoms with Crippen LogP contribution >= 0.6 is 11.3 Å². The van der Waals surface area contributed by atoms with Gasteiger partial charge in [0.25, 0.3) is 0 Å². The predicted octanol–water partition coefficient (Wildman–Crippen LogP) is 4.48. The summed E-state index contributed by atoms with van der Waals surface area (Å²) < 4.78 is 5.18. The van der Waals surface area contributed by atoms with Gasteiger partial charge in [-0.05, 0) is 62.9 Å². The highest BCUT2D eigenvalue weighted by Crippen LogP contribution is 2.20. The summed E-state index contributed by atoms with van der Waals surface area (Å²) >= 11 is 1.90. The van der Waals surface area contributed by atoms with E-state index in [0.29, 0.717) is 6.04 Å². The number of aryl methyl sites for hydroxylation is 3. The Kier molecular flexibility index (Phi) is 5.83. The fourth-order valence-corrected chi connectivity index (χ4v) is 3.29. The molecule has 1 aromatic carbocycles. The molecule has 0 aliphatic carbocycles. The van der Waals surface area contributed by atoms with Gasteiger partial charge >= 0.3 is 0 Å². The first-order chi connectivity index (χ1) is 10.1. The maximum atomic E-state index is 5.18. The average Bonchev–Trinajstić information content (AvgIpc) is 2.82. The molecule has 1 aromatic heterocycles. The molecule has 114 valence electrons. The lowest BCUT2D eigenvalue weighted by atomic mass is 10.1. The topological polar surface area (TPSA) is 21.3 Å². The van der Waals surface area contributed by atoms with Crippen molar-refractivity contribution in [3.63, 3.8) is 0 Å². The fraction of sp³-hybridized carbons (Fsp3) is 0.444. The Morgan fingerprint density at radius 2 is 1.90 bits per heavy atom. The van der Waals surface area contributed by atoms with Gasteiger partial charge in [0.05, 0.1) is 7.11 Å². The van der Waals surface area contributed by atoms with E-state index in [9.17, 15) is 0 Å². The Morgan fingerprint density at radius 1 is 1.19 bits per heavy atom. The minimum Gasteiger partial charge on any atom is -0.497 e. The van der Waals surface area contributed by atoms with Crippen LogP contribution in [0.5, 0.6) is 5.75 Å². The molecular formula is C18H25NOS. The van der Waals surface area contributed by atoms with Crippen LogP contribution in [0.1, 0.15) is 34.2 Å². The summed E-state index contributed by atoms with van der Waals surface area (Å²) in [6, 6.07) is 11.2. The van der Waals surface area contributed by atoms with Crippen molar-refractivity contribution < 1.29 is 4.74 Å². The minimum atomic E-state index is 0.523. The molecule has 0 aliphatic rings. The molecule has 2 rings (SSSR count). The van der Waals surface area contributed by atoms with Crippen LogP contribution in [0.4, 0.5) is 0 Å². The number of methoxy groups -OCH3 is 1. The maximum Gasteiger partial charge on any atom is 0.118 e. The molecule has 3 heteroatoms. The third kappa shape index (κ3) is 4.87. The highest BCUT2D eigenvalue weighted by atomic mass is 32.1. The van der Waals surface area contributed by atoms with Crippen LogP contribution in [0.25, 0.3) is 0 Å². The molecular weight excluding hydrogens is 278 g/mol. The third-order valence-electron chi connectivity index (χ3n) is 3.87. The summed E-state index contributed by atoms with van der Waals surface area (Å²) in [5.41, 5.74) is 2.77. The molecule has 0 radical (unpaired) electrons. The lowest BCUT2D eigenvalue weighted by Gasteiger charge is -2.13. The first-order valence-electron chi connectivity index (χ1n) is 7.50. The molecule has 1 heterocycles. The van der Waals surface area contributed by atoms with Crippen LogP contribution in [0, 0.1) is 13.8 Å². The summed E-state index contributed by atoms with van der Waals surface area (Å²) in [5.74, 6) is 0.924. The van der Waals surface area contributed by atoms with E-state index < -0.39 is 0 Å². The van der Waals surface area contributed by atoms with Crippen LogP contribution in [-0.4, -0.2) is 13.2 Å². The Bertz CT molecular complexity index is 540. The molecule has 1 atom stereocenters. The van der Waals surface area contributed by atoms with E-state index in [2.05, 4.69) is 44.3 Å². The SMILES string of the molecule is COc1ccc(CCC(C)NCc2cc(C)c(C)s2)cc1. The van der Waals surface area contributed by atoms with Crippen LogP contribution in [0.15, 0.2) is 30.3 Å². The van der Waals surface area contributed by atoms with Crippen molar-refractivity contribution in [2.75, 3.05) is 7.11 Å². The van der Waals surface area contributed by atoms with Crippen molar-refractivity contribution in [1.82, 2.24) is 5.32 Å². The van der Waals surface area contributed by atoms with Crippen molar-refractivity contribution in [1.29, 1.82) is 0 Å². The Hall–Kier alpha value is -1.32. The van der Waals surface area contributed by atoms with Gasteiger partial charge < -0.3 is 10.1 Å². The van der Waals surface area contributed by atoms with Crippen LogP contribution < -0.4 is 10.1 Å². The molecule has 0 bridgehead atoms. The molecule has 0 amide bonds. The second-order valence-corrected chi connectivity index (χ2v) is 6.96. The normalized spacial score (nSPS) is 12.4. The van der Waals surface area contributed by atoms with E-state index >= 15 is 0 Å². The largest absolute Gasteiger partial charge is 0.497 e. The number of hydrogen-bond donors (Lipinski definition) is 1. The Morgan fingerprint density at radius 3 is 2.48 bits per heavy atom. The fourth-order valence-electron chi connectivity index (χ4n) is 2.29. The molecule has 0 saturated heterocycles. The lowest BCUT2D eigenvalue weighted by Crippen LogP contribution is -2.25. The quantitative estimate of drug-likeness (QED) is 0.814. The molecule has 0 spiro atoms. The Labute approximate surface area is 132 Å². The zero-order valence-electron chi connectivity index (χ0n) is 13.4. The minimum absolute atomic E-state index is 0.523. The van der Waals surface area contributed by atoms with E-state index in [4.69, 9.17) is 4.74 Å². The van der Waals surface area contributed by atoms with Gasteiger partial charge in [-0.3, -0.25) is 0 Å². The van der Waals surface area contributed by atoms with E-state index in [1.807, 2.05) is 23.5 Å². The molecule has 2 nitrogen and oxygen atoms in total. The molecule has 1 unspecified atom stereocenters. The van der Waals surface area contributed by atoms with Gasteiger partial charge in [-0.15, -0.1) is 11.3 Å². The summed E-state index contributed by atoms with van der Waals surface area (Å²) in [7, 11) is 1.70. The standard InChI is InChI=1S/C18H25NOS/c1-13-11-18(21-15(13)3)12-19-14(2)5-6-16-7-9-17(20-4)10-8-16/h7-11,14,19H,5-6,12H2,1-4H3. The van der Waals surface area contributed by atoms with Crippen molar-refractivity contribution in [3.8, 4) is 5.75 Å². The van der Waals surface area contributed by atoms with E-state index in [1.165, 1.54) is 20.9 Å². The van der Waals surface area contributed by atoms with E-state index in [0.717, 1.165) is 25.1 Å². The number of nitrogens with one attached hydrogen (secondary N) is 1. The van der Waals surface area contributed by atoms with Crippen LogP contribution in [0.2, 0.25) is 0 Å². The second kappa shape index (κ2) is 7.62. The van der Waals surface area contributed by atoms with Crippen LogP contribution in [0.3, 0.4) is 0 Å². The smallest absolute Gasteiger partial charge is 0.118 e. The number of benzene rings is 1. The van der Waals surface area contributed by atoms with Gasteiger partial charge in [-0.25, -0.2) is 0 Å². The summed E-state index contributed by atoms with van der Waals surface area (Å²) in [6.07, 6.45) is 2.25. The molecule has 0 saturated carbocycles. The van der Waals surface area contributed by atoms with Crippen LogP contribution in [-0.2, 0) is 13.0 Å². The van der Waals surface area contributed by atoms with Gasteiger partial charge in [0.1, 0.15) is 5.75 Å². The highest BCUT2D eigenvalue weighted by Gasteiger charge is 2.05. The van der Waals surface area contributed by atoms with E-state index in [1.54, 1.807) is 7.11 Å². The summed E-state index contributed by atoms with van der Waals surface area (Å²) in [5, 5.41) is 3.62. The number of thiophene rings is 1. The van der Waals surface area contributed by atoms with E-state index in [-0.39, 0.29) is 0 Å². The first-order valence-corrected chi connectivity index (χ1v) is 8.32. The maximum absolute atomic E-state index is 5.18. The lowest BCUT2D eigenvalue weighted by molar-refractivity contribution is 0.414. The zero-order chi connectivity index (χ0) is 15.2. The van der Waals surface area contributed by atoms with Gasteiger partial charge in [0, 0.05) is 22.3 Å². The highest BCUT2D eigenvalue weighted by molar-refractivity contribution is 7.12. The van der Waals surface area contributed by atoms with Crippen molar-refractivity contribution >= 4 is 11.3 Å². The first kappa shape index (κ1) is 16.1. The van der Waals surface area contributed by atoms with Gasteiger partial charge in [-0.1, -0.05) is 12.1 Å². The number of hydrogen-bond acceptors (Lipinski definition) is 3. The van der Waals surface area contributed by atoms with Gasteiger partial charge in [0.2, 0.25) is 0 Å². The average molecular weight is 303 g/mol. The van der Waals surface area contributed by atoms with Gasteiger partial charge in [-0.2, -0.15) is 0 Å². The molecule has 2 aromatic rings. The molecule has 21 heavy (non-hydrogen) atoms. The monoisotopic (exact) mass is 303 g/mol. The zero-order valence-corrected chi connectivity index (χ0v) is 14.2.